The molecule has 1 heterocycles. The second kappa shape index (κ2) is 6.70. The lowest BCUT2D eigenvalue weighted by Gasteiger charge is -2.23. The van der Waals surface area contributed by atoms with Crippen molar-refractivity contribution >= 4 is 21.7 Å². The largest absolute Gasteiger partial charge is 0.452 e. The number of amides is 1. The first-order valence-electron chi connectivity index (χ1n) is 7.50. The molecule has 0 aliphatic carbocycles. The van der Waals surface area contributed by atoms with Crippen molar-refractivity contribution in [2.75, 3.05) is 18.1 Å². The number of ether oxygens (including phenoxy) is 1. The first-order chi connectivity index (χ1) is 10.7. The van der Waals surface area contributed by atoms with E-state index in [1.54, 1.807) is 19.1 Å². The molecule has 0 aromatic heterocycles. The zero-order valence-electron chi connectivity index (χ0n) is 13.3. The van der Waals surface area contributed by atoms with Gasteiger partial charge in [-0.15, -0.1) is 0 Å². The normalized spacial score (nSPS) is 22.5. The van der Waals surface area contributed by atoms with Gasteiger partial charge in [-0.1, -0.05) is 19.1 Å². The van der Waals surface area contributed by atoms with Gasteiger partial charge in [-0.2, -0.15) is 0 Å². The summed E-state index contributed by atoms with van der Waals surface area (Å²) in [5.41, 5.74) is 0.699. The molecule has 23 heavy (non-hydrogen) atoms. The smallest absolute Gasteiger partial charge is 0.338 e. The number of rotatable bonds is 5. The molecule has 1 aliphatic rings. The fraction of sp³-hybridized carbons (Fsp3) is 0.500. The van der Waals surface area contributed by atoms with Crippen LogP contribution in [0.15, 0.2) is 24.3 Å². The molecule has 0 spiro atoms. The van der Waals surface area contributed by atoms with Crippen LogP contribution >= 0.6 is 0 Å². The van der Waals surface area contributed by atoms with Crippen LogP contribution in [-0.4, -0.2) is 43.9 Å². The second-order valence-corrected chi connectivity index (χ2v) is 8.26. The van der Waals surface area contributed by atoms with Gasteiger partial charge in [-0.05, 0) is 37.5 Å². The minimum atomic E-state index is -3.10. The van der Waals surface area contributed by atoms with Crippen LogP contribution in [-0.2, 0) is 25.8 Å². The Morgan fingerprint density at radius 2 is 1.91 bits per heavy atom. The number of hydrogen-bond acceptors (Lipinski definition) is 5. The van der Waals surface area contributed by atoms with Gasteiger partial charge in [0.1, 0.15) is 0 Å². The molecule has 0 radical (unpaired) electrons. The third-order valence-corrected chi connectivity index (χ3v) is 5.78. The van der Waals surface area contributed by atoms with Gasteiger partial charge in [0.05, 0.1) is 22.6 Å². The molecule has 0 saturated carbocycles. The lowest BCUT2D eigenvalue weighted by Crippen LogP contribution is -2.48. The van der Waals surface area contributed by atoms with Gasteiger partial charge in [0.2, 0.25) is 0 Å². The molecule has 1 aromatic carbocycles. The molecule has 1 amide bonds. The maximum Gasteiger partial charge on any atom is 0.338 e. The summed E-state index contributed by atoms with van der Waals surface area (Å²) in [6, 6.07) is 6.98. The average molecular weight is 339 g/mol. The van der Waals surface area contributed by atoms with E-state index < -0.39 is 33.9 Å². The van der Waals surface area contributed by atoms with Crippen LogP contribution in [0, 0.1) is 0 Å². The summed E-state index contributed by atoms with van der Waals surface area (Å²) in [4.78, 5) is 23.7. The van der Waals surface area contributed by atoms with E-state index in [0.717, 1.165) is 12.0 Å². The molecule has 1 fully saturated rings. The van der Waals surface area contributed by atoms with Gasteiger partial charge in [0.15, 0.2) is 16.4 Å². The Bertz CT molecular complexity index is 696. The van der Waals surface area contributed by atoms with Crippen LogP contribution in [0.4, 0.5) is 0 Å². The van der Waals surface area contributed by atoms with Gasteiger partial charge in [-0.3, -0.25) is 4.79 Å². The fourth-order valence-electron chi connectivity index (χ4n) is 2.57. The van der Waals surface area contributed by atoms with Crippen molar-refractivity contribution in [1.29, 1.82) is 0 Å². The van der Waals surface area contributed by atoms with Crippen molar-refractivity contribution in [3.05, 3.63) is 35.4 Å². The first-order valence-corrected chi connectivity index (χ1v) is 9.33. The molecule has 1 atom stereocenters. The van der Waals surface area contributed by atoms with Crippen molar-refractivity contribution in [2.45, 2.75) is 32.2 Å². The minimum Gasteiger partial charge on any atom is -0.452 e. The van der Waals surface area contributed by atoms with Crippen LogP contribution < -0.4 is 5.32 Å². The molecule has 0 unspecified atom stereocenters. The Hall–Kier alpha value is -1.89. The summed E-state index contributed by atoms with van der Waals surface area (Å²) in [7, 11) is -3.10. The van der Waals surface area contributed by atoms with Gasteiger partial charge in [0.25, 0.3) is 5.91 Å². The van der Waals surface area contributed by atoms with Crippen molar-refractivity contribution in [3.63, 3.8) is 0 Å². The van der Waals surface area contributed by atoms with Gasteiger partial charge >= 0.3 is 5.97 Å². The summed E-state index contributed by atoms with van der Waals surface area (Å²) in [5.74, 6) is -1.10. The Morgan fingerprint density at radius 3 is 2.43 bits per heavy atom. The second-order valence-electron chi connectivity index (χ2n) is 6.08. The highest BCUT2D eigenvalue weighted by Gasteiger charge is 2.39. The first kappa shape index (κ1) is 17.5. The molecule has 1 aromatic rings. The van der Waals surface area contributed by atoms with E-state index in [9.17, 15) is 18.0 Å². The van der Waals surface area contributed by atoms with Crippen molar-refractivity contribution in [3.8, 4) is 0 Å². The molecular weight excluding hydrogens is 318 g/mol. The summed E-state index contributed by atoms with van der Waals surface area (Å²) in [5, 5.41) is 2.64. The Labute approximate surface area is 136 Å². The van der Waals surface area contributed by atoms with Gasteiger partial charge in [-0.25, -0.2) is 13.2 Å². The molecular formula is C16H21NO5S. The Balaban J connectivity index is 1.85. The maximum absolute atomic E-state index is 11.9. The highest BCUT2D eigenvalue weighted by Crippen LogP contribution is 2.22. The van der Waals surface area contributed by atoms with Gasteiger partial charge < -0.3 is 10.1 Å². The number of nitrogens with one attached hydrogen (secondary N) is 1. The van der Waals surface area contributed by atoms with Crippen LogP contribution in [0.5, 0.6) is 0 Å². The van der Waals surface area contributed by atoms with E-state index in [1.165, 1.54) is 0 Å². The number of hydrogen-bond donors (Lipinski definition) is 1. The van der Waals surface area contributed by atoms with E-state index in [2.05, 4.69) is 5.32 Å². The fourth-order valence-corrected chi connectivity index (χ4v) is 4.67. The van der Waals surface area contributed by atoms with Crippen LogP contribution in [0.1, 0.15) is 36.2 Å². The number of benzene rings is 1. The van der Waals surface area contributed by atoms with Crippen molar-refractivity contribution in [1.82, 2.24) is 5.32 Å². The highest BCUT2D eigenvalue weighted by molar-refractivity contribution is 7.91. The summed E-state index contributed by atoms with van der Waals surface area (Å²) < 4.78 is 28.0. The molecule has 7 heteroatoms. The quantitative estimate of drug-likeness (QED) is 0.812. The van der Waals surface area contributed by atoms with E-state index in [1.807, 2.05) is 19.1 Å². The third-order valence-electron chi connectivity index (χ3n) is 3.88. The van der Waals surface area contributed by atoms with E-state index in [0.29, 0.717) is 12.0 Å². The number of carbonyl (C=O) groups excluding carboxylic acids is 2. The molecule has 1 saturated heterocycles. The highest BCUT2D eigenvalue weighted by atomic mass is 32.2. The SMILES string of the molecule is CCc1ccc(C(=O)OCC(=O)N[C@]2(C)CCS(=O)(=O)C2)cc1. The zero-order valence-corrected chi connectivity index (χ0v) is 14.1. The third kappa shape index (κ3) is 4.79. The summed E-state index contributed by atoms with van der Waals surface area (Å²) in [6.07, 6.45) is 1.24. The number of esters is 1. The van der Waals surface area contributed by atoms with E-state index in [-0.39, 0.29) is 11.5 Å². The van der Waals surface area contributed by atoms with E-state index in [4.69, 9.17) is 4.74 Å². The van der Waals surface area contributed by atoms with Crippen LogP contribution in [0.25, 0.3) is 0 Å². The molecule has 1 aliphatic heterocycles. The van der Waals surface area contributed by atoms with Crippen molar-refractivity contribution < 1.29 is 22.7 Å². The number of carbonyl (C=O) groups is 2. The van der Waals surface area contributed by atoms with Gasteiger partial charge in [0, 0.05) is 0 Å². The molecule has 6 nitrogen and oxygen atoms in total. The molecule has 2 rings (SSSR count). The predicted octanol–water partition coefficient (Wildman–Crippen LogP) is 1.10. The number of aryl methyl sites for hydroxylation is 1. The zero-order chi connectivity index (χ0) is 17.1. The average Bonchev–Trinajstić information content (AvgIpc) is 2.78. The molecule has 1 N–H and O–H groups in total. The molecule has 126 valence electrons. The lowest BCUT2D eigenvalue weighted by atomic mass is 10.0. The van der Waals surface area contributed by atoms with E-state index >= 15 is 0 Å². The Kier molecular flexibility index (Phi) is 5.09. The van der Waals surface area contributed by atoms with Crippen LogP contribution in [0.3, 0.4) is 0 Å². The molecule has 0 bridgehead atoms. The summed E-state index contributed by atoms with van der Waals surface area (Å²) in [6.45, 7) is 3.27. The summed E-state index contributed by atoms with van der Waals surface area (Å²) >= 11 is 0. The topological polar surface area (TPSA) is 89.5 Å². The maximum atomic E-state index is 11.9. The standard InChI is InChI=1S/C16H21NO5S/c1-3-12-4-6-13(7-5-12)15(19)22-10-14(18)17-16(2)8-9-23(20,21)11-16/h4-7H,3,8-11H2,1-2H3,(H,17,18)/t16-/m1/s1. The number of sulfone groups is 1. The Morgan fingerprint density at radius 1 is 1.26 bits per heavy atom. The lowest BCUT2D eigenvalue weighted by molar-refractivity contribution is -0.125. The monoisotopic (exact) mass is 339 g/mol. The van der Waals surface area contributed by atoms with Crippen LogP contribution in [0.2, 0.25) is 0 Å². The predicted molar refractivity (Wildman–Crippen MR) is 85.9 cm³/mol. The minimum absolute atomic E-state index is 0.0628. The van der Waals surface area contributed by atoms with Crippen molar-refractivity contribution in [2.24, 2.45) is 0 Å².